The lowest BCUT2D eigenvalue weighted by atomic mass is 10.0. The summed E-state index contributed by atoms with van der Waals surface area (Å²) in [4.78, 5) is 23.5. The van der Waals surface area contributed by atoms with E-state index in [1.165, 1.54) is 0 Å². The number of hydrogen-bond donors (Lipinski definition) is 0. The van der Waals surface area contributed by atoms with Gasteiger partial charge < -0.3 is 4.74 Å². The Morgan fingerprint density at radius 1 is 1.28 bits per heavy atom. The highest BCUT2D eigenvalue weighted by Gasteiger charge is 2.13. The molecule has 1 rings (SSSR count). The van der Waals surface area contributed by atoms with Gasteiger partial charge in [0.1, 0.15) is 0 Å². The van der Waals surface area contributed by atoms with E-state index in [-0.39, 0.29) is 18.1 Å². The third kappa shape index (κ3) is 4.10. The van der Waals surface area contributed by atoms with Crippen LogP contribution in [0, 0.1) is 0 Å². The smallest absolute Gasteiger partial charge is 0.338 e. The second-order valence-corrected chi connectivity index (χ2v) is 4.57. The van der Waals surface area contributed by atoms with E-state index < -0.39 is 5.97 Å². The van der Waals surface area contributed by atoms with Gasteiger partial charge in [-0.3, -0.25) is 4.79 Å². The predicted octanol–water partition coefficient (Wildman–Crippen LogP) is 3.57. The second kappa shape index (κ2) is 7.54. The van der Waals surface area contributed by atoms with Gasteiger partial charge in [-0.2, -0.15) is 0 Å². The minimum atomic E-state index is -0.416. The molecule has 1 aromatic rings. The highest BCUT2D eigenvalue weighted by molar-refractivity contribution is 9.08. The number of benzene rings is 1. The molecule has 0 saturated heterocycles. The number of rotatable bonds is 6. The van der Waals surface area contributed by atoms with Gasteiger partial charge in [-0.25, -0.2) is 4.79 Å². The van der Waals surface area contributed by atoms with Gasteiger partial charge in [0.05, 0.1) is 12.2 Å². The Kier molecular flexibility index (Phi) is 6.36. The summed E-state index contributed by atoms with van der Waals surface area (Å²) in [5.74, 6) is -0.217. The second-order valence-electron chi connectivity index (χ2n) is 3.63. The van der Waals surface area contributed by atoms with E-state index in [0.29, 0.717) is 23.1 Å². The highest BCUT2D eigenvalue weighted by atomic mass is 79.9. The standard InChI is InChI=1S/C13H14BrClO3/c1-2-18-13(17)11-6-9(8-14)5-10(7-11)12(16)3-4-15/h5-7H,2-4,8H2,1H3. The van der Waals surface area contributed by atoms with Gasteiger partial charge in [-0.1, -0.05) is 15.9 Å². The molecule has 1 aromatic carbocycles. The fourth-order valence-electron chi connectivity index (χ4n) is 1.49. The number of carbonyl (C=O) groups excluding carboxylic acids is 2. The summed E-state index contributed by atoms with van der Waals surface area (Å²) in [5, 5.41) is 0.571. The summed E-state index contributed by atoms with van der Waals surface area (Å²) >= 11 is 8.86. The van der Waals surface area contributed by atoms with Crippen LogP contribution in [0.15, 0.2) is 18.2 Å². The molecule has 0 aliphatic heterocycles. The summed E-state index contributed by atoms with van der Waals surface area (Å²) in [7, 11) is 0. The van der Waals surface area contributed by atoms with Crippen molar-refractivity contribution in [3.63, 3.8) is 0 Å². The fourth-order valence-corrected chi connectivity index (χ4v) is 1.99. The van der Waals surface area contributed by atoms with E-state index in [2.05, 4.69) is 15.9 Å². The third-order valence-electron chi connectivity index (χ3n) is 2.30. The monoisotopic (exact) mass is 332 g/mol. The Morgan fingerprint density at radius 3 is 2.50 bits per heavy atom. The van der Waals surface area contributed by atoms with E-state index in [1.54, 1.807) is 25.1 Å². The first-order valence-corrected chi connectivity index (χ1v) is 7.24. The van der Waals surface area contributed by atoms with E-state index in [1.807, 2.05) is 0 Å². The summed E-state index contributed by atoms with van der Waals surface area (Å²) in [6.07, 6.45) is 0.259. The van der Waals surface area contributed by atoms with Crippen molar-refractivity contribution in [2.24, 2.45) is 0 Å². The minimum absolute atomic E-state index is 0.0710. The van der Waals surface area contributed by atoms with Crippen LogP contribution in [0.25, 0.3) is 0 Å². The van der Waals surface area contributed by atoms with Gasteiger partial charge in [-0.05, 0) is 30.7 Å². The Bertz CT molecular complexity index is 410. The van der Waals surface area contributed by atoms with Gasteiger partial charge in [0.15, 0.2) is 5.78 Å². The van der Waals surface area contributed by atoms with Gasteiger partial charge in [0, 0.05) is 23.2 Å². The molecule has 3 nitrogen and oxygen atoms in total. The van der Waals surface area contributed by atoms with Crippen LogP contribution < -0.4 is 0 Å². The molecule has 0 amide bonds. The Labute approximate surface area is 120 Å². The summed E-state index contributed by atoms with van der Waals surface area (Å²) in [6.45, 7) is 2.05. The minimum Gasteiger partial charge on any atom is -0.462 e. The molecule has 0 saturated carbocycles. The zero-order valence-corrected chi connectivity index (χ0v) is 12.4. The summed E-state index contributed by atoms with van der Waals surface area (Å²) in [6, 6.07) is 5.02. The fraction of sp³-hybridized carbons (Fsp3) is 0.385. The molecule has 0 fully saturated rings. The predicted molar refractivity (Wildman–Crippen MR) is 74.7 cm³/mol. The van der Waals surface area contributed by atoms with Crippen molar-refractivity contribution in [2.75, 3.05) is 12.5 Å². The van der Waals surface area contributed by atoms with Crippen LogP contribution in [-0.4, -0.2) is 24.2 Å². The maximum Gasteiger partial charge on any atom is 0.338 e. The van der Waals surface area contributed by atoms with Crippen LogP contribution in [0.2, 0.25) is 0 Å². The van der Waals surface area contributed by atoms with Crippen LogP contribution in [0.4, 0.5) is 0 Å². The SMILES string of the molecule is CCOC(=O)c1cc(CBr)cc(C(=O)CCCl)c1. The lowest BCUT2D eigenvalue weighted by Gasteiger charge is -2.07. The van der Waals surface area contributed by atoms with Crippen molar-refractivity contribution in [3.05, 3.63) is 34.9 Å². The van der Waals surface area contributed by atoms with E-state index >= 15 is 0 Å². The van der Waals surface area contributed by atoms with E-state index in [4.69, 9.17) is 16.3 Å². The van der Waals surface area contributed by atoms with Crippen LogP contribution in [0.5, 0.6) is 0 Å². The first-order chi connectivity index (χ1) is 8.62. The molecule has 0 bridgehead atoms. The number of carbonyl (C=O) groups is 2. The molecular weight excluding hydrogens is 319 g/mol. The molecule has 0 radical (unpaired) electrons. The Hall–Kier alpha value is -0.870. The van der Waals surface area contributed by atoms with Crippen molar-refractivity contribution >= 4 is 39.3 Å². The molecule has 0 N–H and O–H groups in total. The average molecular weight is 334 g/mol. The summed E-state index contributed by atoms with van der Waals surface area (Å²) in [5.41, 5.74) is 1.75. The van der Waals surface area contributed by atoms with Crippen molar-refractivity contribution in [1.82, 2.24) is 0 Å². The van der Waals surface area contributed by atoms with Crippen LogP contribution in [-0.2, 0) is 10.1 Å². The molecule has 0 heterocycles. The van der Waals surface area contributed by atoms with Crippen molar-refractivity contribution in [1.29, 1.82) is 0 Å². The molecule has 0 aliphatic carbocycles. The molecule has 18 heavy (non-hydrogen) atoms. The lowest BCUT2D eigenvalue weighted by molar-refractivity contribution is 0.0526. The van der Waals surface area contributed by atoms with Crippen molar-refractivity contribution in [2.45, 2.75) is 18.7 Å². The van der Waals surface area contributed by atoms with Gasteiger partial charge in [-0.15, -0.1) is 11.6 Å². The number of ketones is 1. The topological polar surface area (TPSA) is 43.4 Å². The largest absolute Gasteiger partial charge is 0.462 e. The first-order valence-electron chi connectivity index (χ1n) is 5.58. The third-order valence-corrected chi connectivity index (χ3v) is 3.14. The first kappa shape index (κ1) is 15.2. The zero-order chi connectivity index (χ0) is 13.5. The number of esters is 1. The van der Waals surface area contributed by atoms with Crippen molar-refractivity contribution < 1.29 is 14.3 Å². The van der Waals surface area contributed by atoms with Crippen LogP contribution in [0.1, 0.15) is 39.6 Å². The molecular formula is C13H14BrClO3. The average Bonchev–Trinajstić information content (AvgIpc) is 2.38. The van der Waals surface area contributed by atoms with Crippen LogP contribution >= 0.6 is 27.5 Å². The molecule has 0 aliphatic rings. The van der Waals surface area contributed by atoms with E-state index in [9.17, 15) is 9.59 Å². The molecule has 0 spiro atoms. The number of hydrogen-bond acceptors (Lipinski definition) is 3. The molecule has 0 atom stereocenters. The van der Waals surface area contributed by atoms with Gasteiger partial charge in [0.2, 0.25) is 0 Å². The lowest BCUT2D eigenvalue weighted by Crippen LogP contribution is -2.08. The zero-order valence-electron chi connectivity index (χ0n) is 10.0. The molecule has 98 valence electrons. The molecule has 5 heteroatoms. The molecule has 0 unspecified atom stereocenters. The Morgan fingerprint density at radius 2 is 1.94 bits per heavy atom. The van der Waals surface area contributed by atoms with Gasteiger partial charge in [0.25, 0.3) is 0 Å². The van der Waals surface area contributed by atoms with Gasteiger partial charge >= 0.3 is 5.97 Å². The maximum absolute atomic E-state index is 11.8. The quantitative estimate of drug-likeness (QED) is 0.454. The number of ether oxygens (including phenoxy) is 1. The highest BCUT2D eigenvalue weighted by Crippen LogP contribution is 2.16. The number of Topliss-reactive ketones (excluding diaryl/α,β-unsaturated/α-hetero) is 1. The Balaban J connectivity index is 3.08. The van der Waals surface area contributed by atoms with Crippen molar-refractivity contribution in [3.8, 4) is 0 Å². The number of halogens is 2. The molecule has 0 aromatic heterocycles. The van der Waals surface area contributed by atoms with Crippen LogP contribution in [0.3, 0.4) is 0 Å². The number of alkyl halides is 2. The summed E-state index contributed by atoms with van der Waals surface area (Å²) < 4.78 is 4.93. The van der Waals surface area contributed by atoms with E-state index in [0.717, 1.165) is 5.56 Å². The maximum atomic E-state index is 11.8. The normalized spacial score (nSPS) is 10.2.